The van der Waals surface area contributed by atoms with E-state index in [0.717, 1.165) is 4.88 Å². The molecule has 0 spiro atoms. The molecule has 104 valence electrons. The number of hydrogen-bond donors (Lipinski definition) is 3. The first-order valence-electron chi connectivity index (χ1n) is 5.46. The van der Waals surface area contributed by atoms with E-state index in [2.05, 4.69) is 10.6 Å². The van der Waals surface area contributed by atoms with Gasteiger partial charge >= 0.3 is 12.0 Å². The zero-order valence-electron chi connectivity index (χ0n) is 10.1. The molecule has 0 aromatic carbocycles. The Morgan fingerprint density at radius 2 is 2.05 bits per heavy atom. The number of amides is 3. The summed E-state index contributed by atoms with van der Waals surface area (Å²) in [7, 11) is 0. The molecule has 0 aliphatic heterocycles. The van der Waals surface area contributed by atoms with Crippen molar-refractivity contribution in [2.75, 3.05) is 0 Å². The van der Waals surface area contributed by atoms with Crippen LogP contribution in [-0.2, 0) is 9.59 Å². The van der Waals surface area contributed by atoms with Gasteiger partial charge in [0.2, 0.25) is 5.91 Å². The van der Waals surface area contributed by atoms with Crippen LogP contribution in [0.25, 0.3) is 0 Å². The van der Waals surface area contributed by atoms with Gasteiger partial charge in [-0.05, 0) is 19.1 Å². The van der Waals surface area contributed by atoms with Crippen LogP contribution in [0.4, 0.5) is 4.79 Å². The Morgan fingerprint density at radius 1 is 1.37 bits per heavy atom. The van der Waals surface area contributed by atoms with Gasteiger partial charge in [0, 0.05) is 11.3 Å². The third-order valence-corrected chi connectivity index (χ3v) is 3.60. The molecule has 1 aromatic heterocycles. The quantitative estimate of drug-likeness (QED) is 0.776. The second kappa shape index (κ2) is 7.10. The summed E-state index contributed by atoms with van der Waals surface area (Å²) in [5.41, 5.74) is 0. The number of hydrogen-bond acceptors (Lipinski definition) is 4. The van der Waals surface area contributed by atoms with Gasteiger partial charge in [0.25, 0.3) is 0 Å². The molecule has 1 aromatic rings. The predicted octanol–water partition coefficient (Wildman–Crippen LogP) is 2.15. The molecule has 6 nitrogen and oxygen atoms in total. The molecule has 0 saturated carbocycles. The van der Waals surface area contributed by atoms with Gasteiger partial charge in [-0.1, -0.05) is 11.6 Å². The molecule has 1 heterocycles. The highest BCUT2D eigenvalue weighted by Crippen LogP contribution is 2.26. The second-order valence-electron chi connectivity index (χ2n) is 3.78. The number of carboxylic acids is 1. The first-order valence-corrected chi connectivity index (χ1v) is 6.65. The van der Waals surface area contributed by atoms with Crippen LogP contribution in [0.15, 0.2) is 12.1 Å². The maximum Gasteiger partial charge on any atom is 0.321 e. The number of urea groups is 1. The van der Waals surface area contributed by atoms with Crippen molar-refractivity contribution >= 4 is 40.8 Å². The number of nitrogens with one attached hydrogen (secondary N) is 2. The van der Waals surface area contributed by atoms with Crippen molar-refractivity contribution in [3.8, 4) is 0 Å². The third-order valence-electron chi connectivity index (χ3n) is 2.19. The van der Waals surface area contributed by atoms with Crippen molar-refractivity contribution in [2.24, 2.45) is 0 Å². The fourth-order valence-corrected chi connectivity index (χ4v) is 2.34. The first-order chi connectivity index (χ1) is 8.88. The number of rotatable bonds is 5. The van der Waals surface area contributed by atoms with Crippen LogP contribution in [0.3, 0.4) is 0 Å². The summed E-state index contributed by atoms with van der Waals surface area (Å²) < 4.78 is 0.613. The third kappa shape index (κ3) is 5.71. The summed E-state index contributed by atoms with van der Waals surface area (Å²) >= 11 is 7.11. The lowest BCUT2D eigenvalue weighted by Crippen LogP contribution is -2.40. The SMILES string of the molecule is CC(NC(=O)NC(=O)CCC(=O)O)c1ccc(Cl)s1. The largest absolute Gasteiger partial charge is 0.481 e. The molecule has 0 bridgehead atoms. The summed E-state index contributed by atoms with van der Waals surface area (Å²) in [5, 5.41) is 13.0. The van der Waals surface area contributed by atoms with Gasteiger partial charge in [-0.2, -0.15) is 0 Å². The van der Waals surface area contributed by atoms with E-state index in [9.17, 15) is 14.4 Å². The Labute approximate surface area is 118 Å². The Hall–Kier alpha value is -1.60. The number of carbonyl (C=O) groups excluding carboxylic acids is 2. The summed E-state index contributed by atoms with van der Waals surface area (Å²) in [5.74, 6) is -1.71. The zero-order valence-corrected chi connectivity index (χ0v) is 11.7. The molecule has 19 heavy (non-hydrogen) atoms. The van der Waals surface area contributed by atoms with Crippen molar-refractivity contribution in [1.82, 2.24) is 10.6 Å². The second-order valence-corrected chi connectivity index (χ2v) is 5.53. The number of aliphatic carboxylic acids is 1. The van der Waals surface area contributed by atoms with Crippen LogP contribution in [0.5, 0.6) is 0 Å². The summed E-state index contributed by atoms with van der Waals surface area (Å²) in [4.78, 5) is 33.8. The number of imide groups is 1. The number of carbonyl (C=O) groups is 3. The Kier molecular flexibility index (Phi) is 5.78. The van der Waals surface area contributed by atoms with Gasteiger partial charge in [-0.3, -0.25) is 14.9 Å². The molecule has 1 rings (SSSR count). The molecule has 8 heteroatoms. The fraction of sp³-hybridized carbons (Fsp3) is 0.364. The van der Waals surface area contributed by atoms with Gasteiger partial charge < -0.3 is 10.4 Å². The first kappa shape index (κ1) is 15.5. The van der Waals surface area contributed by atoms with Crippen molar-refractivity contribution < 1.29 is 19.5 Å². The maximum absolute atomic E-state index is 11.5. The van der Waals surface area contributed by atoms with E-state index >= 15 is 0 Å². The molecule has 0 aliphatic rings. The Balaban J connectivity index is 2.38. The van der Waals surface area contributed by atoms with E-state index in [4.69, 9.17) is 16.7 Å². The van der Waals surface area contributed by atoms with E-state index < -0.39 is 17.9 Å². The lowest BCUT2D eigenvalue weighted by Gasteiger charge is -2.12. The van der Waals surface area contributed by atoms with Gasteiger partial charge in [0.1, 0.15) is 0 Å². The molecular weight excluding hydrogens is 292 g/mol. The monoisotopic (exact) mass is 304 g/mol. The molecular formula is C11H13ClN2O4S. The number of halogens is 1. The van der Waals surface area contributed by atoms with Gasteiger partial charge in [-0.25, -0.2) is 4.79 Å². The van der Waals surface area contributed by atoms with E-state index in [1.54, 1.807) is 19.1 Å². The average molecular weight is 305 g/mol. The molecule has 3 N–H and O–H groups in total. The zero-order chi connectivity index (χ0) is 14.4. The van der Waals surface area contributed by atoms with E-state index in [0.29, 0.717) is 4.34 Å². The standard InChI is InChI=1S/C11H13ClN2O4S/c1-6(7-2-3-8(12)19-7)13-11(18)14-9(15)4-5-10(16)17/h2-3,6H,4-5H2,1H3,(H,16,17)(H2,13,14,15,18). The molecule has 0 radical (unpaired) electrons. The Bertz CT molecular complexity index is 489. The maximum atomic E-state index is 11.5. The number of thiophene rings is 1. The highest BCUT2D eigenvalue weighted by Gasteiger charge is 2.14. The lowest BCUT2D eigenvalue weighted by atomic mass is 10.3. The van der Waals surface area contributed by atoms with Gasteiger partial charge in [-0.15, -0.1) is 11.3 Å². The minimum absolute atomic E-state index is 0.234. The van der Waals surface area contributed by atoms with E-state index in [1.165, 1.54) is 11.3 Å². The minimum Gasteiger partial charge on any atom is -0.481 e. The highest BCUT2D eigenvalue weighted by molar-refractivity contribution is 7.16. The van der Waals surface area contributed by atoms with Crippen LogP contribution in [0, 0.1) is 0 Å². The van der Waals surface area contributed by atoms with Crippen LogP contribution < -0.4 is 10.6 Å². The van der Waals surface area contributed by atoms with Gasteiger partial charge in [0.15, 0.2) is 0 Å². The molecule has 0 fully saturated rings. The lowest BCUT2D eigenvalue weighted by molar-refractivity contribution is -0.138. The van der Waals surface area contributed by atoms with Crippen LogP contribution in [0.2, 0.25) is 4.34 Å². The summed E-state index contributed by atoms with van der Waals surface area (Å²) in [6.07, 6.45) is -0.544. The number of carboxylic acid groups (broad SMARTS) is 1. The molecule has 0 saturated heterocycles. The van der Waals surface area contributed by atoms with Crippen molar-refractivity contribution in [2.45, 2.75) is 25.8 Å². The normalized spacial score (nSPS) is 11.7. The van der Waals surface area contributed by atoms with Crippen molar-refractivity contribution in [3.63, 3.8) is 0 Å². The highest BCUT2D eigenvalue weighted by atomic mass is 35.5. The van der Waals surface area contributed by atoms with E-state index in [-0.39, 0.29) is 18.9 Å². The molecule has 3 amide bonds. The van der Waals surface area contributed by atoms with Gasteiger partial charge in [0.05, 0.1) is 16.8 Å². The summed E-state index contributed by atoms with van der Waals surface area (Å²) in [6, 6.07) is 2.55. The van der Waals surface area contributed by atoms with E-state index in [1.807, 2.05) is 0 Å². The summed E-state index contributed by atoms with van der Waals surface area (Å²) in [6.45, 7) is 1.75. The molecule has 1 unspecified atom stereocenters. The molecule has 0 aliphatic carbocycles. The fourth-order valence-electron chi connectivity index (χ4n) is 1.27. The predicted molar refractivity (Wildman–Crippen MR) is 71.3 cm³/mol. The van der Waals surface area contributed by atoms with Crippen LogP contribution in [-0.4, -0.2) is 23.0 Å². The minimum atomic E-state index is -1.09. The topological polar surface area (TPSA) is 95.5 Å². The Morgan fingerprint density at radius 3 is 2.58 bits per heavy atom. The van der Waals surface area contributed by atoms with Crippen molar-refractivity contribution in [3.05, 3.63) is 21.3 Å². The van der Waals surface area contributed by atoms with Crippen LogP contribution >= 0.6 is 22.9 Å². The smallest absolute Gasteiger partial charge is 0.321 e. The van der Waals surface area contributed by atoms with Crippen LogP contribution in [0.1, 0.15) is 30.7 Å². The average Bonchev–Trinajstić information content (AvgIpc) is 2.73. The van der Waals surface area contributed by atoms with Crippen molar-refractivity contribution in [1.29, 1.82) is 0 Å². The molecule has 1 atom stereocenters.